The molecule has 1 rings (SSSR count). The second-order valence-electron chi connectivity index (χ2n) is 1.99. The Morgan fingerprint density at radius 3 is 2.89 bits per heavy atom. The molecule has 1 N–H and O–H groups in total. The van der Waals surface area contributed by atoms with Crippen molar-refractivity contribution in [1.29, 1.82) is 0 Å². The predicted octanol–water partition coefficient (Wildman–Crippen LogP) is -0.184. The van der Waals surface area contributed by atoms with Gasteiger partial charge in [-0.3, -0.25) is 0 Å². The van der Waals surface area contributed by atoms with Gasteiger partial charge < -0.3 is 10.1 Å². The van der Waals surface area contributed by atoms with Gasteiger partial charge in [-0.15, -0.1) is 0 Å². The van der Waals surface area contributed by atoms with Crippen LogP contribution in [0.1, 0.15) is 6.92 Å². The fourth-order valence-electron chi connectivity index (χ4n) is 0.686. The summed E-state index contributed by atoms with van der Waals surface area (Å²) < 4.78 is 0. The lowest BCUT2D eigenvalue weighted by Gasteiger charge is -1.94. The first-order valence-corrected chi connectivity index (χ1v) is 2.66. The number of nitrogens with zero attached hydrogens (tertiary/aromatic N) is 2. The van der Waals surface area contributed by atoms with E-state index in [0.717, 1.165) is 0 Å². The van der Waals surface area contributed by atoms with Crippen LogP contribution in [0.25, 0.3) is 0 Å². The number of hydrazone groups is 1. The zero-order chi connectivity index (χ0) is 6.85. The third-order valence-corrected chi connectivity index (χ3v) is 1.22. The van der Waals surface area contributed by atoms with Crippen molar-refractivity contribution in [2.24, 2.45) is 11.0 Å². The zero-order valence-corrected chi connectivity index (χ0v) is 5.00. The first-order chi connectivity index (χ1) is 4.22. The Hall–Kier alpha value is -1.13. The Morgan fingerprint density at radius 2 is 2.67 bits per heavy atom. The van der Waals surface area contributed by atoms with Crippen LogP contribution in [0.5, 0.6) is 0 Å². The molecule has 0 bridgehead atoms. The number of nitrogens with one attached hydrogen (secondary N) is 1. The summed E-state index contributed by atoms with van der Waals surface area (Å²) in [4.78, 5) is 9.59. The van der Waals surface area contributed by atoms with Gasteiger partial charge in [0.05, 0.1) is 12.5 Å². The molecule has 1 heterocycles. The summed E-state index contributed by atoms with van der Waals surface area (Å²) in [5.74, 6) is -0.0185. The maximum Gasteiger partial charge on any atom is 0.368 e. The largest absolute Gasteiger partial charge is 0.368 e. The lowest BCUT2D eigenvalue weighted by Crippen LogP contribution is -2.18. The van der Waals surface area contributed by atoms with Gasteiger partial charge in [0, 0.05) is 5.10 Å². The molecule has 1 atom stereocenters. The summed E-state index contributed by atoms with van der Waals surface area (Å²) in [6, 6.07) is 0. The van der Waals surface area contributed by atoms with Crippen LogP contribution in [0.2, 0.25) is 0 Å². The minimum atomic E-state index is -0.454. The molecule has 9 heavy (non-hydrogen) atoms. The van der Waals surface area contributed by atoms with Crippen LogP contribution in [0.4, 0.5) is 0 Å². The van der Waals surface area contributed by atoms with Gasteiger partial charge in [0.15, 0.2) is 0 Å². The molecule has 5 heteroatoms. The minimum Gasteiger partial charge on any atom is -0.358 e. The molecule has 0 aromatic carbocycles. The van der Waals surface area contributed by atoms with Crippen molar-refractivity contribution in [3.8, 4) is 0 Å². The van der Waals surface area contributed by atoms with Gasteiger partial charge in [-0.1, -0.05) is 0 Å². The maximum absolute atomic E-state index is 10.0. The molecule has 0 aromatic heterocycles. The second kappa shape index (κ2) is 2.00. The molecule has 0 spiro atoms. The van der Waals surface area contributed by atoms with Crippen LogP contribution in [-0.4, -0.2) is 17.3 Å². The third kappa shape index (κ3) is 0.984. The standard InChI is InChI=1S/C4H7N3O2/c1-3-2-5-6-4(3)7(8)9/h3,5H,2H2,1H3. The van der Waals surface area contributed by atoms with Gasteiger partial charge in [-0.25, -0.2) is 5.43 Å². The molecule has 1 aliphatic heterocycles. The Labute approximate surface area is 51.9 Å². The minimum absolute atomic E-state index is 0.0370. The lowest BCUT2D eigenvalue weighted by atomic mass is 10.2. The summed E-state index contributed by atoms with van der Waals surface area (Å²) >= 11 is 0. The zero-order valence-electron chi connectivity index (χ0n) is 5.00. The molecule has 0 fully saturated rings. The molecular formula is C4H7N3O2. The van der Waals surface area contributed by atoms with Gasteiger partial charge in [-0.05, 0) is 11.8 Å². The van der Waals surface area contributed by atoms with E-state index in [9.17, 15) is 10.1 Å². The van der Waals surface area contributed by atoms with Crippen molar-refractivity contribution in [1.82, 2.24) is 5.43 Å². The number of hydrogen-bond donors (Lipinski definition) is 1. The molecule has 0 saturated carbocycles. The Bertz CT molecular complexity index is 165. The first-order valence-electron chi connectivity index (χ1n) is 2.66. The van der Waals surface area contributed by atoms with E-state index in [0.29, 0.717) is 6.54 Å². The van der Waals surface area contributed by atoms with E-state index < -0.39 is 4.92 Å². The molecular weight excluding hydrogens is 122 g/mol. The van der Waals surface area contributed by atoms with Gasteiger partial charge in [0.25, 0.3) is 0 Å². The molecule has 1 aliphatic rings. The summed E-state index contributed by atoms with van der Waals surface area (Å²) in [6.45, 7) is 2.35. The fraction of sp³-hybridized carbons (Fsp3) is 0.750. The summed E-state index contributed by atoms with van der Waals surface area (Å²) in [7, 11) is 0. The Kier molecular flexibility index (Phi) is 1.33. The molecule has 0 aliphatic carbocycles. The Morgan fingerprint density at radius 1 is 2.00 bits per heavy atom. The lowest BCUT2D eigenvalue weighted by molar-refractivity contribution is -0.355. The van der Waals surface area contributed by atoms with E-state index in [2.05, 4.69) is 10.5 Å². The average Bonchev–Trinajstić information content (AvgIpc) is 2.13. The summed E-state index contributed by atoms with van der Waals surface area (Å²) in [5, 5.41) is 13.5. The van der Waals surface area contributed by atoms with Crippen molar-refractivity contribution in [2.45, 2.75) is 6.92 Å². The van der Waals surface area contributed by atoms with Crippen LogP contribution < -0.4 is 5.43 Å². The van der Waals surface area contributed by atoms with Crippen molar-refractivity contribution in [3.05, 3.63) is 10.1 Å². The van der Waals surface area contributed by atoms with Crippen LogP contribution in [0.15, 0.2) is 5.10 Å². The summed E-state index contributed by atoms with van der Waals surface area (Å²) in [5.41, 5.74) is 2.55. The van der Waals surface area contributed by atoms with Crippen molar-refractivity contribution >= 4 is 5.84 Å². The average molecular weight is 129 g/mol. The van der Waals surface area contributed by atoms with Crippen molar-refractivity contribution in [3.63, 3.8) is 0 Å². The van der Waals surface area contributed by atoms with E-state index >= 15 is 0 Å². The van der Waals surface area contributed by atoms with Gasteiger partial charge in [-0.2, -0.15) is 0 Å². The molecule has 0 amide bonds. The van der Waals surface area contributed by atoms with E-state index in [-0.39, 0.29) is 11.8 Å². The highest BCUT2D eigenvalue weighted by molar-refractivity contribution is 5.77. The van der Waals surface area contributed by atoms with Gasteiger partial charge >= 0.3 is 5.84 Å². The third-order valence-electron chi connectivity index (χ3n) is 1.22. The number of amidine groups is 1. The normalized spacial score (nSPS) is 25.0. The van der Waals surface area contributed by atoms with Crippen LogP contribution in [-0.2, 0) is 0 Å². The van der Waals surface area contributed by atoms with E-state index in [1.54, 1.807) is 6.92 Å². The van der Waals surface area contributed by atoms with E-state index in [1.807, 2.05) is 0 Å². The second-order valence-corrected chi connectivity index (χ2v) is 1.99. The van der Waals surface area contributed by atoms with E-state index in [4.69, 9.17) is 0 Å². The highest BCUT2D eigenvalue weighted by Gasteiger charge is 2.27. The van der Waals surface area contributed by atoms with Gasteiger partial charge in [0.1, 0.15) is 0 Å². The quantitative estimate of drug-likeness (QED) is 0.364. The van der Waals surface area contributed by atoms with Gasteiger partial charge in [0.2, 0.25) is 0 Å². The molecule has 0 saturated heterocycles. The fourth-order valence-corrected chi connectivity index (χ4v) is 0.686. The summed E-state index contributed by atoms with van der Waals surface area (Å²) in [6.07, 6.45) is 0. The number of nitro groups is 1. The van der Waals surface area contributed by atoms with Crippen molar-refractivity contribution in [2.75, 3.05) is 6.54 Å². The predicted molar refractivity (Wildman–Crippen MR) is 31.6 cm³/mol. The molecule has 5 nitrogen and oxygen atoms in total. The SMILES string of the molecule is CC1CNN=C1[N+](=O)[O-]. The smallest absolute Gasteiger partial charge is 0.358 e. The topological polar surface area (TPSA) is 67.5 Å². The highest BCUT2D eigenvalue weighted by atomic mass is 16.6. The number of hydrogen-bond acceptors (Lipinski definition) is 4. The van der Waals surface area contributed by atoms with Crippen molar-refractivity contribution < 1.29 is 4.92 Å². The molecule has 0 aromatic rings. The maximum atomic E-state index is 10.0. The molecule has 50 valence electrons. The molecule has 1 unspecified atom stereocenters. The van der Waals surface area contributed by atoms with E-state index in [1.165, 1.54) is 0 Å². The molecule has 0 radical (unpaired) electrons. The highest BCUT2D eigenvalue weighted by Crippen LogP contribution is 2.02. The monoisotopic (exact) mass is 129 g/mol. The number of rotatable bonds is 0. The van der Waals surface area contributed by atoms with Crippen LogP contribution in [0, 0.1) is 16.0 Å². The first kappa shape index (κ1) is 6.00. The van der Waals surface area contributed by atoms with Crippen LogP contribution in [0.3, 0.4) is 0 Å². The Balaban J connectivity index is 2.68. The van der Waals surface area contributed by atoms with Crippen LogP contribution >= 0.6 is 0 Å².